The van der Waals surface area contributed by atoms with E-state index in [1.807, 2.05) is 116 Å². The Balaban J connectivity index is -0.000000146. The van der Waals surface area contributed by atoms with Crippen molar-refractivity contribution in [2.45, 2.75) is 453 Å². The van der Waals surface area contributed by atoms with Gasteiger partial charge in [0.1, 0.15) is 37.0 Å². The molecule has 724 valence electrons. The zero-order chi connectivity index (χ0) is 102. The molecule has 0 aromatic rings. The van der Waals surface area contributed by atoms with Crippen LogP contribution in [0.4, 0.5) is 70.2 Å². The van der Waals surface area contributed by atoms with Gasteiger partial charge in [0.05, 0.1) is 12.3 Å². The second-order valence-corrected chi connectivity index (χ2v) is 45.8. The minimum absolute atomic E-state index is 0.00568. The van der Waals surface area contributed by atoms with Gasteiger partial charge in [0.25, 0.3) is 17.8 Å². The molecule has 0 amide bonds. The minimum atomic E-state index is -2.96. The molecule has 0 saturated carbocycles. The monoisotopic (exact) mass is 1780 g/mol. The van der Waals surface area contributed by atoms with Crippen molar-refractivity contribution in [3.8, 4) is 123 Å². The summed E-state index contributed by atoms with van der Waals surface area (Å²) in [5, 5.41) is 0. The Morgan fingerprint density at radius 2 is 0.645 bits per heavy atom. The maximum Gasteiger partial charge on any atom is 0.310 e. The molecule has 0 saturated heterocycles. The quantitative estimate of drug-likeness (QED) is 0.0541. The first-order valence-electron chi connectivity index (χ1n) is 44.0. The largest absolute Gasteiger partial charge is 0.310 e. The standard InChI is InChI=1S/3C12H20F2.2C12H21F.2C10H16F2.C10H17F.C9H14F2.C9H15F/c1-6-8-12(13,14)10(2)7-9-11(3,4)5;1-6-7-10(13)9(2)11(14)8-12(3,4)5;1-6-7-8-10(2)12(13,14)9-11(3,4)5;1-6-7-11(13)10(2)8-9-12(3,4)5;1-6-7-8-10(2)11(13)9-12(3,4)5;1-6-10(11,12)8(2)7-9(3,4)5;1-6-8(11)7(2)9(12)10(3,4)5;1-6-9(11)8(2)7-10(3,4)5;1-6-7(2)9(10,11)8(3,4)5;1-6-7(2)8(10)9(3,4)5/h1,10H,7-9H2,2-5H3;1,9-11H,7-8H2,2-5H3;1,10H,7-9H2,2-5H3;2*1,10-11H,7-9H2,2-5H3;1,8H,7H2,2-5H3;1,7-9H,2-5H3;1,8-9H,7H2,2-5H3;1,7H,2-5H3;1,7-8H,2-5H3. The highest BCUT2D eigenvalue weighted by molar-refractivity contribution is 5.05. The molecule has 0 heterocycles. The lowest BCUT2D eigenvalue weighted by atomic mass is 9.81. The second-order valence-electron chi connectivity index (χ2n) is 45.8. The van der Waals surface area contributed by atoms with Crippen LogP contribution in [0.2, 0.25) is 0 Å². The van der Waals surface area contributed by atoms with Crippen molar-refractivity contribution in [2.24, 2.45) is 113 Å². The van der Waals surface area contributed by atoms with Crippen LogP contribution in [0.5, 0.6) is 0 Å². The molecule has 124 heavy (non-hydrogen) atoms. The lowest BCUT2D eigenvalue weighted by Gasteiger charge is -2.32. The third-order valence-corrected chi connectivity index (χ3v) is 19.9. The summed E-state index contributed by atoms with van der Waals surface area (Å²) in [4.78, 5) is 0. The van der Waals surface area contributed by atoms with Crippen LogP contribution in [0.15, 0.2) is 0 Å². The molecule has 0 aromatic carbocycles. The van der Waals surface area contributed by atoms with E-state index >= 15 is 0 Å². The molecule has 0 bridgehead atoms. The Hall–Kier alpha value is -5.52. The summed E-state index contributed by atoms with van der Waals surface area (Å²) in [6.07, 6.45) is 48.8. The highest BCUT2D eigenvalue weighted by Crippen LogP contribution is 2.43. The summed E-state index contributed by atoms with van der Waals surface area (Å²) in [5.74, 6) is 6.08. The lowest BCUT2D eigenvalue weighted by molar-refractivity contribution is -0.121. The highest BCUT2D eigenvalue weighted by Gasteiger charge is 2.47. The number of hydrogen-bond acceptors (Lipinski definition) is 0. The number of rotatable bonds is 28. The van der Waals surface area contributed by atoms with E-state index in [1.165, 1.54) is 47.5 Å². The Bertz CT molecular complexity index is 3180. The molecule has 0 radical (unpaired) electrons. The first kappa shape index (κ1) is 139. The van der Waals surface area contributed by atoms with Crippen LogP contribution < -0.4 is 0 Å². The Labute approximate surface area is 755 Å². The van der Waals surface area contributed by atoms with Crippen LogP contribution in [0.3, 0.4) is 0 Å². The van der Waals surface area contributed by atoms with E-state index in [-0.39, 0.29) is 80.8 Å². The topological polar surface area (TPSA) is 0 Å². The Morgan fingerprint density at radius 1 is 0.290 bits per heavy atom. The molecule has 0 N–H and O–H groups in total. The molecule has 18 atom stereocenters. The molecule has 0 nitrogen and oxygen atoms in total. The van der Waals surface area contributed by atoms with E-state index in [0.29, 0.717) is 50.4 Å². The third-order valence-electron chi connectivity index (χ3n) is 19.9. The summed E-state index contributed by atoms with van der Waals surface area (Å²) in [5.41, 5.74) is -1.82. The predicted molar refractivity (Wildman–Crippen MR) is 507 cm³/mol. The van der Waals surface area contributed by atoms with Gasteiger partial charge in [0.2, 0.25) is 0 Å². The first-order valence-corrected chi connectivity index (χ1v) is 44.0. The van der Waals surface area contributed by atoms with E-state index in [9.17, 15) is 70.2 Å². The molecule has 0 aliphatic heterocycles. The van der Waals surface area contributed by atoms with Gasteiger partial charge in [-0.25, -0.2) is 61.5 Å². The molecule has 0 aliphatic carbocycles. The Morgan fingerprint density at radius 3 is 0.935 bits per heavy atom. The molecule has 18 unspecified atom stereocenters. The van der Waals surface area contributed by atoms with Gasteiger partial charge in [-0.05, 0) is 150 Å². The van der Waals surface area contributed by atoms with E-state index in [0.717, 1.165) is 32.1 Å². The van der Waals surface area contributed by atoms with Gasteiger partial charge < -0.3 is 0 Å². The zero-order valence-corrected chi connectivity index (χ0v) is 85.5. The van der Waals surface area contributed by atoms with Gasteiger partial charge in [0.15, 0.2) is 12.3 Å². The van der Waals surface area contributed by atoms with Gasteiger partial charge in [-0.3, -0.25) is 0 Å². The van der Waals surface area contributed by atoms with Crippen molar-refractivity contribution in [2.75, 3.05) is 0 Å². The molecule has 0 fully saturated rings. The average Bonchev–Trinajstić information content (AvgIpc) is 0.816. The number of alkyl halides is 16. The van der Waals surface area contributed by atoms with E-state index < -0.39 is 126 Å². The molecular weight excluding hydrogens is 1600 g/mol. The maximum atomic E-state index is 13.6. The fourth-order valence-corrected chi connectivity index (χ4v) is 11.4. The summed E-state index contributed by atoms with van der Waals surface area (Å²) in [6, 6.07) is 0. The first-order chi connectivity index (χ1) is 54.9. The number of terminal acetylenes is 10. The van der Waals surface area contributed by atoms with Crippen LogP contribution in [0.25, 0.3) is 0 Å². The second kappa shape index (κ2) is 63.5. The predicted octanol–water partition coefficient (Wildman–Crippen LogP) is 34.5. The minimum Gasteiger partial charge on any atom is -0.247 e. The van der Waals surface area contributed by atoms with Gasteiger partial charge >= 0.3 is 5.92 Å². The van der Waals surface area contributed by atoms with E-state index in [4.69, 9.17) is 64.2 Å². The van der Waals surface area contributed by atoms with Crippen molar-refractivity contribution < 1.29 is 70.2 Å². The number of hydrogen-bond donors (Lipinski definition) is 0. The number of halogens is 16. The maximum absolute atomic E-state index is 13.6. The molecule has 0 spiro atoms. The van der Waals surface area contributed by atoms with Gasteiger partial charge in [-0.1, -0.05) is 281 Å². The van der Waals surface area contributed by atoms with Crippen LogP contribution in [0.1, 0.15) is 380 Å². The van der Waals surface area contributed by atoms with Crippen molar-refractivity contribution in [3.63, 3.8) is 0 Å². The third kappa shape index (κ3) is 81.0. The van der Waals surface area contributed by atoms with Crippen molar-refractivity contribution in [1.29, 1.82) is 0 Å². The highest BCUT2D eigenvalue weighted by atomic mass is 19.3. The summed E-state index contributed by atoms with van der Waals surface area (Å²) in [6.45, 7) is 74.0. The van der Waals surface area contributed by atoms with Crippen molar-refractivity contribution in [1.82, 2.24) is 0 Å². The SMILES string of the molecule is C#CC(C)C(F)(F)C(C)(C)C.C#CC(C)C(F)C(C)(C)C.C#CC(F)(F)C(C)CC(C)(C)C.C#CC(F)C(C)C(F)C(C)(C)C.C#CC(F)C(C)CC(C)(C)C.C#CCC(F)(F)C(C)CCC(C)(C)C.C#CCC(F)C(C)C(F)CC(C)(C)C.C#CCC(F)C(C)CCC(C)(C)C.C#CCCC(C)C(F)(F)CC(C)(C)C.C#CCCC(C)C(F)CC(C)(C)C. The molecular formula is C108H180F16. The summed E-state index contributed by atoms with van der Waals surface area (Å²) >= 11 is 0. The molecule has 0 rings (SSSR count). The van der Waals surface area contributed by atoms with E-state index in [2.05, 4.69) is 125 Å². The molecule has 16 heteroatoms. The average molecular weight is 1780 g/mol. The zero-order valence-electron chi connectivity index (χ0n) is 85.5. The fourth-order valence-electron chi connectivity index (χ4n) is 11.4. The van der Waals surface area contributed by atoms with Gasteiger partial charge in [0, 0.05) is 73.0 Å². The molecule has 0 aliphatic rings. The van der Waals surface area contributed by atoms with Crippen LogP contribution in [-0.2, 0) is 0 Å². The van der Waals surface area contributed by atoms with Crippen LogP contribution in [0, 0.1) is 237 Å². The smallest absolute Gasteiger partial charge is 0.247 e. The summed E-state index contributed by atoms with van der Waals surface area (Å²) < 4.78 is 211. The Kier molecular flexibility index (Phi) is 71.1. The fraction of sp³-hybridized carbons (Fsp3) is 0.815. The van der Waals surface area contributed by atoms with E-state index in [1.54, 1.807) is 48.5 Å². The lowest BCUT2D eigenvalue weighted by Crippen LogP contribution is -2.39. The van der Waals surface area contributed by atoms with Crippen molar-refractivity contribution >= 4 is 0 Å². The normalized spacial score (nSPS) is 16.6. The molecule has 0 aromatic heterocycles. The van der Waals surface area contributed by atoms with Crippen LogP contribution >= 0.6 is 0 Å². The van der Waals surface area contributed by atoms with Gasteiger partial charge in [-0.2, -0.15) is 8.78 Å². The van der Waals surface area contributed by atoms with Gasteiger partial charge in [-0.15, -0.1) is 99.8 Å². The summed E-state index contributed by atoms with van der Waals surface area (Å²) in [7, 11) is 0. The van der Waals surface area contributed by atoms with Crippen LogP contribution in [-0.4, -0.2) is 73.1 Å². The van der Waals surface area contributed by atoms with Crippen molar-refractivity contribution in [3.05, 3.63) is 0 Å².